The molecule has 0 saturated carbocycles. The molecule has 19 heavy (non-hydrogen) atoms. The van der Waals surface area contributed by atoms with Crippen LogP contribution >= 0.6 is 0 Å². The fraction of sp³-hybridized carbons (Fsp3) is 0.462. The first-order chi connectivity index (χ1) is 9.12. The van der Waals surface area contributed by atoms with Gasteiger partial charge >= 0.3 is 0 Å². The van der Waals surface area contributed by atoms with Gasteiger partial charge < -0.3 is 24.8 Å². The predicted molar refractivity (Wildman–Crippen MR) is 64.4 cm³/mol. The Morgan fingerprint density at radius 3 is 2.63 bits per heavy atom. The Hall–Kier alpha value is -1.65. The summed E-state index contributed by atoms with van der Waals surface area (Å²) in [4.78, 5) is 0. The molecule has 1 fully saturated rings. The van der Waals surface area contributed by atoms with Gasteiger partial charge in [-0.3, -0.25) is 0 Å². The van der Waals surface area contributed by atoms with Crippen LogP contribution in [-0.4, -0.2) is 47.3 Å². The van der Waals surface area contributed by atoms with E-state index in [2.05, 4.69) is 0 Å². The van der Waals surface area contributed by atoms with Crippen molar-refractivity contribution in [3.8, 4) is 11.8 Å². The van der Waals surface area contributed by atoms with Gasteiger partial charge in [0, 0.05) is 5.56 Å². The van der Waals surface area contributed by atoms with E-state index < -0.39 is 31.0 Å². The van der Waals surface area contributed by atoms with Gasteiger partial charge in [0.1, 0.15) is 30.2 Å². The van der Waals surface area contributed by atoms with Crippen LogP contribution in [0.15, 0.2) is 18.2 Å². The largest absolute Gasteiger partial charge is 0.496 e. The van der Waals surface area contributed by atoms with Crippen LogP contribution in [0.25, 0.3) is 0 Å². The summed E-state index contributed by atoms with van der Waals surface area (Å²) in [6, 6.07) is 6.72. The molecule has 102 valence electrons. The zero-order valence-electron chi connectivity index (χ0n) is 10.4. The zero-order chi connectivity index (χ0) is 14.0. The maximum atomic E-state index is 9.97. The highest BCUT2D eigenvalue weighted by Crippen LogP contribution is 2.38. The molecular weight excluding hydrogens is 250 g/mol. The van der Waals surface area contributed by atoms with Crippen molar-refractivity contribution in [2.45, 2.75) is 24.4 Å². The van der Waals surface area contributed by atoms with Crippen LogP contribution in [0.3, 0.4) is 0 Å². The van der Waals surface area contributed by atoms with E-state index >= 15 is 0 Å². The van der Waals surface area contributed by atoms with Crippen LogP contribution in [0.5, 0.6) is 5.75 Å². The maximum absolute atomic E-state index is 9.97. The van der Waals surface area contributed by atoms with Crippen molar-refractivity contribution in [3.05, 3.63) is 29.3 Å². The molecule has 1 saturated heterocycles. The Bertz CT molecular complexity index is 498. The molecule has 1 heterocycles. The molecule has 1 aromatic rings. The van der Waals surface area contributed by atoms with Crippen LogP contribution in [0.2, 0.25) is 0 Å². The van der Waals surface area contributed by atoms with E-state index in [4.69, 9.17) is 19.8 Å². The summed E-state index contributed by atoms with van der Waals surface area (Å²) >= 11 is 0. The number of nitriles is 1. The average Bonchev–Trinajstić information content (AvgIpc) is 2.74. The van der Waals surface area contributed by atoms with Gasteiger partial charge in [0.25, 0.3) is 0 Å². The van der Waals surface area contributed by atoms with Gasteiger partial charge in [0.15, 0.2) is 0 Å². The van der Waals surface area contributed by atoms with E-state index in [1.165, 1.54) is 7.11 Å². The minimum atomic E-state index is -1.18. The molecule has 1 aliphatic heterocycles. The summed E-state index contributed by atoms with van der Waals surface area (Å²) in [5.41, 5.74) is 0.873. The number of hydrogen-bond donors (Lipinski definition) is 3. The number of rotatable bonds is 3. The molecule has 6 heteroatoms. The smallest absolute Gasteiger partial charge is 0.124 e. The van der Waals surface area contributed by atoms with Crippen LogP contribution in [-0.2, 0) is 4.74 Å². The van der Waals surface area contributed by atoms with Gasteiger partial charge in [-0.1, -0.05) is 0 Å². The first-order valence-electron chi connectivity index (χ1n) is 5.82. The average molecular weight is 265 g/mol. The number of methoxy groups -OCH3 is 1. The number of aliphatic hydroxyl groups excluding tert-OH is 3. The van der Waals surface area contributed by atoms with E-state index in [9.17, 15) is 10.2 Å². The number of benzene rings is 1. The second-order valence-corrected chi connectivity index (χ2v) is 4.33. The number of hydrogen-bond acceptors (Lipinski definition) is 6. The molecule has 0 aliphatic carbocycles. The van der Waals surface area contributed by atoms with Crippen molar-refractivity contribution >= 4 is 0 Å². The lowest BCUT2D eigenvalue weighted by atomic mass is 9.99. The van der Waals surface area contributed by atoms with Crippen molar-refractivity contribution in [1.82, 2.24) is 0 Å². The zero-order valence-corrected chi connectivity index (χ0v) is 10.4. The molecule has 0 radical (unpaired) electrons. The third-order valence-corrected chi connectivity index (χ3v) is 3.21. The van der Waals surface area contributed by atoms with E-state index in [1.807, 2.05) is 6.07 Å². The lowest BCUT2D eigenvalue weighted by Crippen LogP contribution is -2.32. The third-order valence-electron chi connectivity index (χ3n) is 3.21. The topological polar surface area (TPSA) is 103 Å². The Labute approximate surface area is 110 Å². The molecule has 1 aromatic carbocycles. The number of ether oxygens (including phenoxy) is 2. The van der Waals surface area contributed by atoms with E-state index in [0.29, 0.717) is 16.9 Å². The van der Waals surface area contributed by atoms with Crippen molar-refractivity contribution in [3.63, 3.8) is 0 Å². The van der Waals surface area contributed by atoms with Crippen LogP contribution in [0, 0.1) is 11.3 Å². The SMILES string of the molecule is COc1ccc(C#N)cc1[C@@H]1O[C@H](CO)[C@@H](O)[C@H]1O. The van der Waals surface area contributed by atoms with Crippen molar-refractivity contribution in [2.75, 3.05) is 13.7 Å². The highest BCUT2D eigenvalue weighted by atomic mass is 16.6. The molecule has 3 N–H and O–H groups in total. The highest BCUT2D eigenvalue weighted by molar-refractivity contribution is 5.44. The Morgan fingerprint density at radius 2 is 2.11 bits per heavy atom. The van der Waals surface area contributed by atoms with Crippen molar-refractivity contribution < 1.29 is 24.8 Å². The fourth-order valence-corrected chi connectivity index (χ4v) is 2.18. The van der Waals surface area contributed by atoms with Crippen molar-refractivity contribution in [1.29, 1.82) is 5.26 Å². The standard InChI is InChI=1S/C13H15NO5/c1-18-9-3-2-7(5-14)4-8(9)13-12(17)11(16)10(6-15)19-13/h2-4,10-13,15-17H,6H2,1H3/t10-,11-,12-,13+/m1/s1. The fourth-order valence-electron chi connectivity index (χ4n) is 2.18. The van der Waals surface area contributed by atoms with Gasteiger partial charge in [0.2, 0.25) is 0 Å². The van der Waals surface area contributed by atoms with Gasteiger partial charge in [0.05, 0.1) is 25.3 Å². The summed E-state index contributed by atoms with van der Waals surface area (Å²) in [5, 5.41) is 37.7. The van der Waals surface area contributed by atoms with Crippen LogP contribution < -0.4 is 4.74 Å². The van der Waals surface area contributed by atoms with Crippen LogP contribution in [0.4, 0.5) is 0 Å². The van der Waals surface area contributed by atoms with Crippen molar-refractivity contribution in [2.24, 2.45) is 0 Å². The molecule has 6 nitrogen and oxygen atoms in total. The van der Waals surface area contributed by atoms with Gasteiger partial charge in [-0.2, -0.15) is 5.26 Å². The molecule has 0 aromatic heterocycles. The Morgan fingerprint density at radius 1 is 1.37 bits per heavy atom. The monoisotopic (exact) mass is 265 g/mol. The minimum Gasteiger partial charge on any atom is -0.496 e. The van der Waals surface area contributed by atoms with E-state index in [0.717, 1.165) is 0 Å². The van der Waals surface area contributed by atoms with Gasteiger partial charge in [-0.15, -0.1) is 0 Å². The molecule has 4 atom stereocenters. The molecule has 2 rings (SSSR count). The summed E-state index contributed by atoms with van der Waals surface area (Å²) in [5.74, 6) is 0.453. The Kier molecular flexibility index (Phi) is 4.02. The predicted octanol–water partition coefficient (Wildman–Crippen LogP) is -0.279. The molecule has 0 spiro atoms. The maximum Gasteiger partial charge on any atom is 0.124 e. The number of aliphatic hydroxyl groups is 3. The van der Waals surface area contributed by atoms with Crippen LogP contribution in [0.1, 0.15) is 17.2 Å². The molecule has 0 unspecified atom stereocenters. The summed E-state index contributed by atoms with van der Waals surface area (Å²) in [6.07, 6.45) is -4.05. The normalized spacial score (nSPS) is 30.1. The highest BCUT2D eigenvalue weighted by Gasteiger charge is 2.44. The molecule has 0 bridgehead atoms. The van der Waals surface area contributed by atoms with Gasteiger partial charge in [-0.25, -0.2) is 0 Å². The summed E-state index contributed by atoms with van der Waals surface area (Å²) in [7, 11) is 1.46. The third kappa shape index (κ3) is 2.41. The Balaban J connectivity index is 2.39. The second kappa shape index (κ2) is 5.55. The first-order valence-corrected chi connectivity index (χ1v) is 5.82. The first kappa shape index (κ1) is 13.8. The quantitative estimate of drug-likeness (QED) is 0.694. The summed E-state index contributed by atoms with van der Waals surface area (Å²) in [6.45, 7) is -0.394. The minimum absolute atomic E-state index is 0.394. The summed E-state index contributed by atoms with van der Waals surface area (Å²) < 4.78 is 10.6. The molecular formula is C13H15NO5. The van der Waals surface area contributed by atoms with E-state index in [1.54, 1.807) is 18.2 Å². The molecule has 1 aliphatic rings. The molecule has 0 amide bonds. The second-order valence-electron chi connectivity index (χ2n) is 4.33. The lowest BCUT2D eigenvalue weighted by molar-refractivity contribution is -0.0233. The van der Waals surface area contributed by atoms with Gasteiger partial charge in [-0.05, 0) is 18.2 Å². The number of nitrogens with zero attached hydrogens (tertiary/aromatic N) is 1. The van der Waals surface area contributed by atoms with E-state index in [-0.39, 0.29) is 0 Å². The lowest BCUT2D eigenvalue weighted by Gasteiger charge is -2.18.